The van der Waals surface area contributed by atoms with Crippen LogP contribution in [0, 0.1) is 0 Å². The molecule has 0 unspecified atom stereocenters. The summed E-state index contributed by atoms with van der Waals surface area (Å²) in [6, 6.07) is 5.79. The zero-order chi connectivity index (χ0) is 17.1. The highest BCUT2D eigenvalue weighted by Crippen LogP contribution is 2.15. The predicted octanol–water partition coefficient (Wildman–Crippen LogP) is 2.70. The van der Waals surface area contributed by atoms with Crippen LogP contribution in [0.2, 0.25) is 0 Å². The molecule has 0 saturated carbocycles. The van der Waals surface area contributed by atoms with E-state index in [2.05, 4.69) is 15.4 Å². The number of thiophene rings is 1. The van der Waals surface area contributed by atoms with Gasteiger partial charge < -0.3 is 10.3 Å². The number of hydrogen-bond donors (Lipinski definition) is 2. The Bertz CT molecular complexity index is 935. The fraction of sp³-hybridized carbons (Fsp3) is 0.235. The van der Waals surface area contributed by atoms with E-state index < -0.39 is 0 Å². The fourth-order valence-corrected chi connectivity index (χ4v) is 3.00. The second kappa shape index (κ2) is 6.84. The topological polar surface area (TPSA) is 79.8 Å². The third kappa shape index (κ3) is 3.46. The van der Waals surface area contributed by atoms with Crippen LogP contribution in [0.15, 0.2) is 40.6 Å². The number of nitrogens with one attached hydrogen (secondary N) is 2. The molecule has 1 amide bonds. The maximum absolute atomic E-state index is 12.2. The van der Waals surface area contributed by atoms with Crippen LogP contribution >= 0.6 is 11.3 Å². The Balaban J connectivity index is 1.75. The van der Waals surface area contributed by atoms with Crippen LogP contribution < -0.4 is 10.9 Å². The number of hydrogen-bond acceptors (Lipinski definition) is 4. The van der Waals surface area contributed by atoms with Gasteiger partial charge in [-0.05, 0) is 37.4 Å². The number of carbonyl (C=O) groups is 1. The van der Waals surface area contributed by atoms with Crippen LogP contribution in [-0.2, 0) is 11.3 Å². The summed E-state index contributed by atoms with van der Waals surface area (Å²) in [5.74, 6) is -0.235. The first-order valence-corrected chi connectivity index (χ1v) is 8.51. The molecule has 6 nitrogen and oxygen atoms in total. The van der Waals surface area contributed by atoms with Crippen molar-refractivity contribution in [2.24, 2.45) is 0 Å². The molecule has 124 valence electrons. The van der Waals surface area contributed by atoms with Crippen molar-refractivity contribution < 1.29 is 4.79 Å². The van der Waals surface area contributed by atoms with Crippen LogP contribution in [0.25, 0.3) is 17.1 Å². The summed E-state index contributed by atoms with van der Waals surface area (Å²) >= 11 is 1.58. The molecule has 3 aromatic heterocycles. The number of aromatic amines is 1. The molecule has 0 aliphatic carbocycles. The minimum absolute atomic E-state index is 0.155. The molecular weight excluding hydrogens is 324 g/mol. The molecule has 0 fully saturated rings. The molecule has 0 radical (unpaired) electrons. The average Bonchev–Trinajstić information content (AvgIpc) is 3.19. The van der Waals surface area contributed by atoms with Crippen LogP contribution in [-0.4, -0.2) is 20.7 Å². The molecule has 0 aliphatic rings. The Morgan fingerprint density at radius 3 is 3.04 bits per heavy atom. The second-order valence-corrected chi connectivity index (χ2v) is 6.70. The molecule has 3 aromatic rings. The van der Waals surface area contributed by atoms with Crippen LogP contribution in [0.3, 0.4) is 0 Å². The highest BCUT2D eigenvalue weighted by Gasteiger charge is 2.09. The molecule has 7 heteroatoms. The summed E-state index contributed by atoms with van der Waals surface area (Å²) in [5.41, 5.74) is 0.874. The molecule has 24 heavy (non-hydrogen) atoms. The Labute approximate surface area is 142 Å². The summed E-state index contributed by atoms with van der Waals surface area (Å²) in [4.78, 5) is 28.0. The molecule has 3 rings (SSSR count). The lowest BCUT2D eigenvalue weighted by Crippen LogP contribution is -2.20. The maximum atomic E-state index is 12.2. The normalized spacial score (nSPS) is 11.6. The third-order valence-corrected chi connectivity index (χ3v) is 4.43. The van der Waals surface area contributed by atoms with E-state index in [0.29, 0.717) is 17.8 Å². The summed E-state index contributed by atoms with van der Waals surface area (Å²) in [7, 11) is 0. The molecule has 3 heterocycles. The van der Waals surface area contributed by atoms with E-state index in [9.17, 15) is 9.59 Å². The Hall–Kier alpha value is -2.67. The van der Waals surface area contributed by atoms with Gasteiger partial charge in [0.2, 0.25) is 5.91 Å². The van der Waals surface area contributed by atoms with Crippen LogP contribution in [0.1, 0.15) is 30.3 Å². The maximum Gasteiger partial charge on any atom is 0.256 e. The summed E-state index contributed by atoms with van der Waals surface area (Å²) < 4.78 is 1.76. The first-order chi connectivity index (χ1) is 11.5. The first-order valence-electron chi connectivity index (χ1n) is 7.63. The standard InChI is InChI=1S/C17H18N4O2S/c1-11(2)21-16-13(9-19-21)8-12(17(23)20-16)5-6-15(22)18-10-14-4-3-7-24-14/h3-9,11H,10H2,1-2H3,(H,18,22)(H,20,23)/b6-5+. The quantitative estimate of drug-likeness (QED) is 0.700. The summed E-state index contributed by atoms with van der Waals surface area (Å²) in [6.45, 7) is 4.48. The first kappa shape index (κ1) is 16.2. The lowest BCUT2D eigenvalue weighted by atomic mass is 10.2. The average molecular weight is 342 g/mol. The van der Waals surface area contributed by atoms with Gasteiger partial charge in [-0.3, -0.25) is 9.59 Å². The molecule has 2 N–H and O–H groups in total. The van der Waals surface area contributed by atoms with Gasteiger partial charge in [-0.1, -0.05) is 6.07 Å². The van der Waals surface area contributed by atoms with Crippen molar-refractivity contribution in [3.63, 3.8) is 0 Å². The Kier molecular flexibility index (Phi) is 4.61. The smallest absolute Gasteiger partial charge is 0.256 e. The van der Waals surface area contributed by atoms with E-state index in [1.807, 2.05) is 31.4 Å². The van der Waals surface area contributed by atoms with Crippen molar-refractivity contribution in [3.05, 3.63) is 56.6 Å². The van der Waals surface area contributed by atoms with E-state index >= 15 is 0 Å². The fourth-order valence-electron chi connectivity index (χ4n) is 2.35. The second-order valence-electron chi connectivity index (χ2n) is 5.67. The van der Waals surface area contributed by atoms with E-state index in [1.165, 1.54) is 12.2 Å². The van der Waals surface area contributed by atoms with Crippen molar-refractivity contribution in [2.45, 2.75) is 26.4 Å². The van der Waals surface area contributed by atoms with Gasteiger partial charge in [-0.2, -0.15) is 5.10 Å². The van der Waals surface area contributed by atoms with E-state index in [0.717, 1.165) is 10.3 Å². The van der Waals surface area contributed by atoms with Gasteiger partial charge in [0, 0.05) is 27.9 Å². The molecular formula is C17H18N4O2S. The number of aromatic nitrogens is 3. The summed E-state index contributed by atoms with van der Waals surface area (Å²) in [5, 5.41) is 9.86. The van der Waals surface area contributed by atoms with E-state index in [1.54, 1.807) is 28.3 Å². The highest BCUT2D eigenvalue weighted by atomic mass is 32.1. The van der Waals surface area contributed by atoms with Gasteiger partial charge in [0.05, 0.1) is 12.7 Å². The number of fused-ring (bicyclic) bond motifs is 1. The van der Waals surface area contributed by atoms with Crippen molar-refractivity contribution in [2.75, 3.05) is 0 Å². The van der Waals surface area contributed by atoms with Gasteiger partial charge >= 0.3 is 0 Å². The van der Waals surface area contributed by atoms with Crippen LogP contribution in [0.5, 0.6) is 0 Å². The minimum Gasteiger partial charge on any atom is -0.348 e. The predicted molar refractivity (Wildman–Crippen MR) is 95.9 cm³/mol. The molecule has 0 spiro atoms. The number of nitrogens with zero attached hydrogens (tertiary/aromatic N) is 2. The monoisotopic (exact) mass is 342 g/mol. The zero-order valence-corrected chi connectivity index (χ0v) is 14.3. The SMILES string of the molecule is CC(C)n1ncc2cc(/C=C/C(=O)NCc3cccs3)c(=O)[nH]c21. The number of pyridine rings is 1. The Morgan fingerprint density at radius 1 is 1.50 bits per heavy atom. The highest BCUT2D eigenvalue weighted by molar-refractivity contribution is 7.09. The lowest BCUT2D eigenvalue weighted by Gasteiger charge is -2.06. The molecule has 0 atom stereocenters. The van der Waals surface area contributed by atoms with Gasteiger partial charge in [0.25, 0.3) is 5.56 Å². The number of rotatable bonds is 5. The van der Waals surface area contributed by atoms with E-state index in [4.69, 9.17) is 0 Å². The Morgan fingerprint density at radius 2 is 2.33 bits per heavy atom. The van der Waals surface area contributed by atoms with Gasteiger partial charge in [0.1, 0.15) is 5.65 Å². The third-order valence-electron chi connectivity index (χ3n) is 3.55. The molecule has 0 aromatic carbocycles. The molecule has 0 aliphatic heterocycles. The minimum atomic E-state index is -0.243. The van der Waals surface area contributed by atoms with Gasteiger partial charge in [0.15, 0.2) is 0 Å². The van der Waals surface area contributed by atoms with Crippen molar-refractivity contribution >= 4 is 34.4 Å². The van der Waals surface area contributed by atoms with Crippen molar-refractivity contribution in [3.8, 4) is 0 Å². The van der Waals surface area contributed by atoms with Gasteiger partial charge in [-0.15, -0.1) is 11.3 Å². The largest absolute Gasteiger partial charge is 0.348 e. The number of carbonyl (C=O) groups excluding carboxylic acids is 1. The van der Waals surface area contributed by atoms with Crippen molar-refractivity contribution in [1.29, 1.82) is 0 Å². The summed E-state index contributed by atoms with van der Waals surface area (Å²) in [6.07, 6.45) is 4.60. The van der Waals surface area contributed by atoms with Crippen LogP contribution in [0.4, 0.5) is 0 Å². The van der Waals surface area contributed by atoms with Gasteiger partial charge in [-0.25, -0.2) is 4.68 Å². The van der Waals surface area contributed by atoms with Crippen molar-refractivity contribution in [1.82, 2.24) is 20.1 Å². The zero-order valence-electron chi connectivity index (χ0n) is 13.4. The number of H-pyrrole nitrogens is 1. The molecule has 0 saturated heterocycles. The molecule has 0 bridgehead atoms. The van der Waals surface area contributed by atoms with E-state index in [-0.39, 0.29) is 17.5 Å². The number of amides is 1. The lowest BCUT2D eigenvalue weighted by molar-refractivity contribution is -0.116.